The SMILES string of the molecule is CCOC(=O)/C(=C\N(C)C)C(=O)c1ncccc1C. The molecule has 19 heavy (non-hydrogen) atoms. The zero-order valence-electron chi connectivity index (χ0n) is 11.6. The summed E-state index contributed by atoms with van der Waals surface area (Å²) in [7, 11) is 3.47. The Morgan fingerprint density at radius 1 is 1.42 bits per heavy atom. The molecule has 102 valence electrons. The van der Waals surface area contributed by atoms with Gasteiger partial charge in [0.1, 0.15) is 11.3 Å². The van der Waals surface area contributed by atoms with E-state index in [2.05, 4.69) is 4.98 Å². The highest BCUT2D eigenvalue weighted by molar-refractivity contribution is 6.23. The molecule has 0 aliphatic rings. The van der Waals surface area contributed by atoms with E-state index in [0.29, 0.717) is 0 Å². The van der Waals surface area contributed by atoms with Crippen molar-refractivity contribution in [2.45, 2.75) is 13.8 Å². The Kier molecular flexibility index (Phi) is 5.23. The van der Waals surface area contributed by atoms with Crippen molar-refractivity contribution in [3.8, 4) is 0 Å². The van der Waals surface area contributed by atoms with Crippen molar-refractivity contribution in [2.75, 3.05) is 20.7 Å². The number of carbonyl (C=O) groups excluding carboxylic acids is 2. The zero-order chi connectivity index (χ0) is 14.4. The van der Waals surface area contributed by atoms with Gasteiger partial charge in [0.15, 0.2) is 0 Å². The first-order valence-corrected chi connectivity index (χ1v) is 5.99. The zero-order valence-corrected chi connectivity index (χ0v) is 11.6. The molecule has 0 saturated heterocycles. The number of hydrogen-bond acceptors (Lipinski definition) is 5. The quantitative estimate of drug-likeness (QED) is 0.265. The largest absolute Gasteiger partial charge is 0.462 e. The molecule has 0 atom stereocenters. The number of nitrogens with zero attached hydrogens (tertiary/aromatic N) is 2. The summed E-state index contributed by atoms with van der Waals surface area (Å²) in [4.78, 5) is 29.9. The number of Topliss-reactive ketones (excluding diaryl/α,β-unsaturated/α-hetero) is 1. The van der Waals surface area contributed by atoms with E-state index in [1.54, 1.807) is 45.0 Å². The van der Waals surface area contributed by atoms with E-state index >= 15 is 0 Å². The lowest BCUT2D eigenvalue weighted by Crippen LogP contribution is -2.20. The van der Waals surface area contributed by atoms with Crippen LogP contribution in [0.3, 0.4) is 0 Å². The Labute approximate surface area is 112 Å². The molecule has 0 aliphatic heterocycles. The average molecular weight is 262 g/mol. The molecule has 0 spiro atoms. The van der Waals surface area contributed by atoms with Gasteiger partial charge in [-0.1, -0.05) is 6.07 Å². The predicted molar refractivity (Wildman–Crippen MR) is 71.7 cm³/mol. The van der Waals surface area contributed by atoms with E-state index < -0.39 is 11.8 Å². The number of carbonyl (C=O) groups is 2. The maximum absolute atomic E-state index is 12.4. The van der Waals surface area contributed by atoms with Crippen molar-refractivity contribution in [3.63, 3.8) is 0 Å². The van der Waals surface area contributed by atoms with Crippen molar-refractivity contribution in [1.82, 2.24) is 9.88 Å². The van der Waals surface area contributed by atoms with Gasteiger partial charge in [-0.3, -0.25) is 9.78 Å². The molecule has 1 heterocycles. The van der Waals surface area contributed by atoms with Crippen molar-refractivity contribution in [1.29, 1.82) is 0 Å². The highest BCUT2D eigenvalue weighted by atomic mass is 16.5. The lowest BCUT2D eigenvalue weighted by Gasteiger charge is -2.11. The molecule has 5 nitrogen and oxygen atoms in total. The molecule has 0 unspecified atom stereocenters. The summed E-state index contributed by atoms with van der Waals surface area (Å²) < 4.78 is 4.90. The third kappa shape index (κ3) is 3.91. The number of hydrogen-bond donors (Lipinski definition) is 0. The van der Waals surface area contributed by atoms with Gasteiger partial charge in [-0.15, -0.1) is 0 Å². The second kappa shape index (κ2) is 6.68. The van der Waals surface area contributed by atoms with Crippen LogP contribution in [0.4, 0.5) is 0 Å². The second-order valence-corrected chi connectivity index (χ2v) is 4.22. The van der Waals surface area contributed by atoms with E-state index in [-0.39, 0.29) is 17.9 Å². The fourth-order valence-corrected chi connectivity index (χ4v) is 1.52. The Morgan fingerprint density at radius 2 is 2.11 bits per heavy atom. The first-order valence-electron chi connectivity index (χ1n) is 5.99. The Hall–Kier alpha value is -2.17. The number of pyridine rings is 1. The molecule has 0 aromatic carbocycles. The average Bonchev–Trinajstić information content (AvgIpc) is 2.36. The molecule has 0 N–H and O–H groups in total. The van der Waals surface area contributed by atoms with Gasteiger partial charge in [-0.25, -0.2) is 4.79 Å². The van der Waals surface area contributed by atoms with Gasteiger partial charge in [0.05, 0.1) is 6.61 Å². The summed E-state index contributed by atoms with van der Waals surface area (Å²) in [5.74, 6) is -1.06. The van der Waals surface area contributed by atoms with E-state index in [1.165, 1.54) is 12.4 Å². The van der Waals surface area contributed by atoms with Crippen molar-refractivity contribution < 1.29 is 14.3 Å². The van der Waals surface area contributed by atoms with Gasteiger partial charge in [0, 0.05) is 26.5 Å². The molecule has 1 aromatic heterocycles. The van der Waals surface area contributed by atoms with Gasteiger partial charge < -0.3 is 9.64 Å². The lowest BCUT2D eigenvalue weighted by molar-refractivity contribution is -0.138. The number of ketones is 1. The Bertz CT molecular complexity index is 507. The van der Waals surface area contributed by atoms with Crippen LogP contribution in [0.5, 0.6) is 0 Å². The molecule has 0 fully saturated rings. The molecule has 0 radical (unpaired) electrons. The van der Waals surface area contributed by atoms with E-state index in [4.69, 9.17) is 4.74 Å². The minimum atomic E-state index is -0.633. The number of ether oxygens (including phenoxy) is 1. The highest BCUT2D eigenvalue weighted by Crippen LogP contribution is 2.12. The molecule has 0 aliphatic carbocycles. The van der Waals surface area contributed by atoms with Crippen LogP contribution in [0.1, 0.15) is 23.0 Å². The van der Waals surface area contributed by atoms with Crippen LogP contribution in [0.15, 0.2) is 30.1 Å². The van der Waals surface area contributed by atoms with Crippen LogP contribution in [0.25, 0.3) is 0 Å². The van der Waals surface area contributed by atoms with Gasteiger partial charge in [-0.05, 0) is 25.5 Å². The van der Waals surface area contributed by atoms with Crippen molar-refractivity contribution in [2.24, 2.45) is 0 Å². The number of esters is 1. The van der Waals surface area contributed by atoms with Crippen LogP contribution in [-0.2, 0) is 9.53 Å². The van der Waals surface area contributed by atoms with Crippen molar-refractivity contribution in [3.05, 3.63) is 41.4 Å². The summed E-state index contributed by atoms with van der Waals surface area (Å²) in [5.41, 5.74) is 0.971. The minimum absolute atomic E-state index is 0.0198. The monoisotopic (exact) mass is 262 g/mol. The van der Waals surface area contributed by atoms with Crippen LogP contribution in [-0.4, -0.2) is 42.3 Å². The molecule has 0 bridgehead atoms. The van der Waals surface area contributed by atoms with Gasteiger partial charge in [0.2, 0.25) is 5.78 Å². The predicted octanol–water partition coefficient (Wildman–Crippen LogP) is 1.58. The molecule has 0 amide bonds. The standard InChI is InChI=1S/C14H18N2O3/c1-5-19-14(18)11(9-16(3)4)13(17)12-10(2)7-6-8-15-12/h6-9H,5H2,1-4H3/b11-9-. The fraction of sp³-hybridized carbons (Fsp3) is 0.357. The molecule has 1 rings (SSSR count). The van der Waals surface area contributed by atoms with E-state index in [9.17, 15) is 9.59 Å². The summed E-state index contributed by atoms with van der Waals surface area (Å²) in [6, 6.07) is 3.52. The third-order valence-electron chi connectivity index (χ3n) is 2.35. The van der Waals surface area contributed by atoms with E-state index in [1.807, 2.05) is 0 Å². The van der Waals surface area contributed by atoms with Crippen LogP contribution in [0, 0.1) is 6.92 Å². The normalized spacial score (nSPS) is 11.1. The smallest absolute Gasteiger partial charge is 0.343 e. The molecular formula is C14H18N2O3. The number of rotatable bonds is 5. The maximum atomic E-state index is 12.4. The van der Waals surface area contributed by atoms with Gasteiger partial charge >= 0.3 is 5.97 Å². The Morgan fingerprint density at radius 3 is 2.63 bits per heavy atom. The number of aryl methyl sites for hydroxylation is 1. The summed E-state index contributed by atoms with van der Waals surface area (Å²) in [5, 5.41) is 0. The molecule has 0 saturated carbocycles. The first kappa shape index (κ1) is 14.9. The van der Waals surface area contributed by atoms with Crippen molar-refractivity contribution >= 4 is 11.8 Å². The summed E-state index contributed by atoms with van der Waals surface area (Å²) in [6.07, 6.45) is 2.98. The van der Waals surface area contributed by atoms with E-state index in [0.717, 1.165) is 5.56 Å². The Balaban J connectivity index is 3.16. The van der Waals surface area contributed by atoms with Crippen LogP contribution >= 0.6 is 0 Å². The second-order valence-electron chi connectivity index (χ2n) is 4.22. The molecule has 5 heteroatoms. The van der Waals surface area contributed by atoms with Crippen LogP contribution in [0.2, 0.25) is 0 Å². The highest BCUT2D eigenvalue weighted by Gasteiger charge is 2.23. The third-order valence-corrected chi connectivity index (χ3v) is 2.35. The maximum Gasteiger partial charge on any atom is 0.343 e. The van der Waals surface area contributed by atoms with Gasteiger partial charge in [-0.2, -0.15) is 0 Å². The first-order chi connectivity index (χ1) is 8.97. The molecular weight excluding hydrogens is 244 g/mol. The topological polar surface area (TPSA) is 59.5 Å². The van der Waals surface area contributed by atoms with Gasteiger partial charge in [0.25, 0.3) is 0 Å². The van der Waals surface area contributed by atoms with Crippen LogP contribution < -0.4 is 0 Å². The number of aromatic nitrogens is 1. The minimum Gasteiger partial charge on any atom is -0.462 e. The lowest BCUT2D eigenvalue weighted by atomic mass is 10.1. The fourth-order valence-electron chi connectivity index (χ4n) is 1.52. The molecule has 1 aromatic rings. The summed E-state index contributed by atoms with van der Waals surface area (Å²) in [6.45, 7) is 3.69. The summed E-state index contributed by atoms with van der Waals surface area (Å²) >= 11 is 0.